The van der Waals surface area contributed by atoms with Crippen molar-refractivity contribution in [1.82, 2.24) is 14.9 Å². The Balaban J connectivity index is 1.39. The minimum Gasteiger partial charge on any atom is -0.493 e. The lowest BCUT2D eigenvalue weighted by atomic mass is 9.99. The normalized spacial score (nSPS) is 19.7. The number of nitrogens with one attached hydrogen (secondary N) is 2. The van der Waals surface area contributed by atoms with Crippen LogP contribution in [0.4, 0.5) is 4.79 Å². The molecule has 2 saturated heterocycles. The summed E-state index contributed by atoms with van der Waals surface area (Å²) in [5.74, 6) is -0.932. The Morgan fingerprint density at radius 1 is 1.02 bits per heavy atom. The maximum absolute atomic E-state index is 13.1. The molecule has 3 atom stereocenters. The zero-order valence-electron chi connectivity index (χ0n) is 25.8. The monoisotopic (exact) mass is 629 g/mol. The van der Waals surface area contributed by atoms with Crippen molar-refractivity contribution in [1.29, 1.82) is 0 Å². The van der Waals surface area contributed by atoms with E-state index in [-0.39, 0.29) is 23.3 Å². The number of benzene rings is 2. The number of carbonyl (C=O) groups excluding carboxylic acids is 3. The molecule has 0 aliphatic carbocycles. The highest BCUT2D eigenvalue weighted by Crippen LogP contribution is 2.22. The number of carbonyl (C=O) groups is 3. The Bertz CT molecular complexity index is 1400. The molecule has 2 N–H and O–H groups in total. The van der Waals surface area contributed by atoms with Crippen molar-refractivity contribution in [2.45, 2.75) is 82.4 Å². The molecule has 240 valence electrons. The van der Waals surface area contributed by atoms with Crippen LogP contribution in [0, 0.1) is 12.8 Å². The van der Waals surface area contributed by atoms with Gasteiger partial charge in [-0.15, -0.1) is 0 Å². The molecule has 12 heteroatoms. The third kappa shape index (κ3) is 9.76. The Labute approximate surface area is 259 Å². The van der Waals surface area contributed by atoms with Crippen LogP contribution >= 0.6 is 0 Å². The quantitative estimate of drug-likeness (QED) is 0.297. The molecule has 0 saturated carbocycles. The second-order valence-electron chi connectivity index (χ2n) is 12.5. The minimum absolute atomic E-state index is 0.00128. The molecular formula is C32H43N3O8S. The van der Waals surface area contributed by atoms with E-state index in [1.807, 2.05) is 27.7 Å². The number of hydrogen-bond acceptors (Lipinski definition) is 9. The van der Waals surface area contributed by atoms with Gasteiger partial charge in [0.2, 0.25) is 10.0 Å². The summed E-state index contributed by atoms with van der Waals surface area (Å²) in [5, 5.41) is 2.98. The van der Waals surface area contributed by atoms with E-state index in [2.05, 4.69) is 10.0 Å². The molecule has 2 aliphatic rings. The number of nitrogens with zero attached hydrogens (tertiary/aromatic N) is 1. The number of esters is 2. The van der Waals surface area contributed by atoms with E-state index in [1.165, 1.54) is 12.1 Å². The van der Waals surface area contributed by atoms with E-state index in [0.717, 1.165) is 24.8 Å². The summed E-state index contributed by atoms with van der Waals surface area (Å²) in [4.78, 5) is 39.8. The molecule has 1 unspecified atom stereocenters. The van der Waals surface area contributed by atoms with Gasteiger partial charge < -0.3 is 24.4 Å². The van der Waals surface area contributed by atoms with Gasteiger partial charge in [-0.1, -0.05) is 29.8 Å². The highest BCUT2D eigenvalue weighted by atomic mass is 32.2. The second kappa shape index (κ2) is 14.5. The number of sulfonamides is 1. The molecule has 2 aromatic carbocycles. The first-order chi connectivity index (χ1) is 20.8. The summed E-state index contributed by atoms with van der Waals surface area (Å²) in [5.41, 5.74) is 0.980. The average molecular weight is 630 g/mol. The van der Waals surface area contributed by atoms with E-state index in [0.29, 0.717) is 44.0 Å². The van der Waals surface area contributed by atoms with Gasteiger partial charge in [0.05, 0.1) is 11.5 Å². The Hall–Kier alpha value is -3.48. The SMILES string of the molecule is Cc1ccc(S(=O)(=O)N[C@@H](Cc2ccc(OCC3CCCN(C(=O)OC(C)(C)C)C3)cc2)C(=O)OC(=O)[C@@H]2CCCN2)cc1. The van der Waals surface area contributed by atoms with Crippen molar-refractivity contribution in [3.63, 3.8) is 0 Å². The number of rotatable bonds is 10. The number of piperidine rings is 1. The summed E-state index contributed by atoms with van der Waals surface area (Å²) in [7, 11) is -4.09. The third-order valence-corrected chi connectivity index (χ3v) is 8.97. The zero-order valence-corrected chi connectivity index (χ0v) is 26.7. The van der Waals surface area contributed by atoms with Gasteiger partial charge in [-0.25, -0.2) is 22.8 Å². The molecule has 2 aliphatic heterocycles. The van der Waals surface area contributed by atoms with Gasteiger partial charge in [-0.05, 0) is 96.2 Å². The summed E-state index contributed by atoms with van der Waals surface area (Å²) in [6.45, 7) is 9.64. The van der Waals surface area contributed by atoms with Crippen LogP contribution in [-0.4, -0.2) is 75.3 Å². The molecule has 1 amide bonds. The number of hydrogen-bond donors (Lipinski definition) is 2. The van der Waals surface area contributed by atoms with Gasteiger partial charge in [-0.2, -0.15) is 4.72 Å². The largest absolute Gasteiger partial charge is 0.493 e. The maximum atomic E-state index is 13.1. The van der Waals surface area contributed by atoms with E-state index in [4.69, 9.17) is 14.2 Å². The van der Waals surface area contributed by atoms with Gasteiger partial charge in [0.25, 0.3) is 0 Å². The summed E-state index contributed by atoms with van der Waals surface area (Å²) >= 11 is 0. The van der Waals surface area contributed by atoms with Crippen LogP contribution in [0.15, 0.2) is 53.4 Å². The molecule has 2 heterocycles. The number of aryl methyl sites for hydroxylation is 1. The topological polar surface area (TPSA) is 140 Å². The first-order valence-electron chi connectivity index (χ1n) is 15.1. The van der Waals surface area contributed by atoms with Crippen LogP contribution in [0.5, 0.6) is 5.75 Å². The van der Waals surface area contributed by atoms with Gasteiger partial charge >= 0.3 is 18.0 Å². The van der Waals surface area contributed by atoms with Crippen molar-refractivity contribution < 1.29 is 37.0 Å². The van der Waals surface area contributed by atoms with Gasteiger partial charge in [0.1, 0.15) is 23.4 Å². The molecule has 44 heavy (non-hydrogen) atoms. The molecule has 4 rings (SSSR count). The fourth-order valence-corrected chi connectivity index (χ4v) is 6.32. The van der Waals surface area contributed by atoms with Gasteiger partial charge in [-0.3, -0.25) is 0 Å². The van der Waals surface area contributed by atoms with Crippen molar-refractivity contribution in [2.24, 2.45) is 5.92 Å². The summed E-state index contributed by atoms with van der Waals surface area (Å²) < 4.78 is 45.4. The molecule has 0 spiro atoms. The molecule has 0 bridgehead atoms. The number of amides is 1. The molecule has 2 aromatic rings. The van der Waals surface area contributed by atoms with E-state index in [1.54, 1.807) is 41.3 Å². The standard InChI is InChI=1S/C32H43N3O8S/c1-22-9-15-26(16-10-22)44(39,40)34-28(30(37)42-29(36)27-8-5-17-33-27)19-23-11-13-25(14-12-23)41-21-24-7-6-18-35(20-24)31(38)43-32(2,3)4/h9-16,24,27-28,33-34H,5-8,17-21H2,1-4H3/t24?,27-,28-/m0/s1. The van der Waals surface area contributed by atoms with Gasteiger partial charge in [0, 0.05) is 19.0 Å². The molecule has 0 aromatic heterocycles. The lowest BCUT2D eigenvalue weighted by Gasteiger charge is -2.34. The molecule has 11 nitrogen and oxygen atoms in total. The van der Waals surface area contributed by atoms with E-state index >= 15 is 0 Å². The van der Waals surface area contributed by atoms with Crippen LogP contribution in [-0.2, 0) is 35.5 Å². The van der Waals surface area contributed by atoms with Crippen molar-refractivity contribution in [2.75, 3.05) is 26.2 Å². The molecule has 0 radical (unpaired) electrons. The zero-order chi connectivity index (χ0) is 31.9. The Kier molecular flexibility index (Phi) is 11.0. The predicted octanol–water partition coefficient (Wildman–Crippen LogP) is 3.73. The average Bonchev–Trinajstić information content (AvgIpc) is 3.51. The second-order valence-corrected chi connectivity index (χ2v) is 14.2. The van der Waals surface area contributed by atoms with Gasteiger partial charge in [0.15, 0.2) is 0 Å². The Morgan fingerprint density at radius 2 is 1.73 bits per heavy atom. The lowest BCUT2D eigenvalue weighted by molar-refractivity contribution is -0.162. The fraction of sp³-hybridized carbons (Fsp3) is 0.531. The maximum Gasteiger partial charge on any atom is 0.410 e. The van der Waals surface area contributed by atoms with Crippen molar-refractivity contribution in [3.05, 3.63) is 59.7 Å². The first-order valence-corrected chi connectivity index (χ1v) is 16.5. The number of likely N-dealkylation sites (tertiary alicyclic amines) is 1. The predicted molar refractivity (Wildman–Crippen MR) is 164 cm³/mol. The van der Waals surface area contributed by atoms with Crippen molar-refractivity contribution >= 4 is 28.1 Å². The first kappa shape index (κ1) is 33.4. The fourth-order valence-electron chi connectivity index (χ4n) is 5.14. The highest BCUT2D eigenvalue weighted by Gasteiger charge is 2.32. The van der Waals surface area contributed by atoms with Crippen LogP contribution in [0.2, 0.25) is 0 Å². The minimum atomic E-state index is -4.09. The van der Waals surface area contributed by atoms with E-state index in [9.17, 15) is 22.8 Å². The highest BCUT2D eigenvalue weighted by molar-refractivity contribution is 7.89. The summed E-state index contributed by atoms with van der Waals surface area (Å²) in [6.07, 6.45) is 2.77. The lowest BCUT2D eigenvalue weighted by Crippen LogP contribution is -2.45. The Morgan fingerprint density at radius 3 is 2.36 bits per heavy atom. The van der Waals surface area contributed by atoms with Crippen LogP contribution < -0.4 is 14.8 Å². The number of ether oxygens (including phenoxy) is 3. The van der Waals surface area contributed by atoms with Crippen molar-refractivity contribution in [3.8, 4) is 5.75 Å². The van der Waals surface area contributed by atoms with Crippen LogP contribution in [0.25, 0.3) is 0 Å². The van der Waals surface area contributed by atoms with E-state index < -0.39 is 39.6 Å². The molecule has 2 fully saturated rings. The summed E-state index contributed by atoms with van der Waals surface area (Å²) in [6, 6.07) is 11.3. The smallest absolute Gasteiger partial charge is 0.410 e. The molecular weight excluding hydrogens is 586 g/mol. The third-order valence-electron chi connectivity index (χ3n) is 7.48. The van der Waals surface area contributed by atoms with Crippen LogP contribution in [0.1, 0.15) is 57.6 Å². The van der Waals surface area contributed by atoms with Crippen LogP contribution in [0.3, 0.4) is 0 Å².